The first-order chi connectivity index (χ1) is 13.8. The van der Waals surface area contributed by atoms with Crippen LogP contribution in [0.2, 0.25) is 5.02 Å². The molecule has 2 rings (SSSR count). The minimum Gasteiger partial charge on any atom is -0.372 e. The number of halogens is 1. The Morgan fingerprint density at radius 1 is 1.17 bits per heavy atom. The number of rotatable bonds is 8. The van der Waals surface area contributed by atoms with E-state index in [1.165, 1.54) is 12.3 Å². The smallest absolute Gasteiger partial charge is 0.293 e. The number of carbonyl (C=O) groups is 2. The quantitative estimate of drug-likeness (QED) is 0.388. The van der Waals surface area contributed by atoms with E-state index in [9.17, 15) is 19.7 Å². The summed E-state index contributed by atoms with van der Waals surface area (Å²) in [6, 6.07) is 11.4. The minimum absolute atomic E-state index is 0.0461. The van der Waals surface area contributed by atoms with Crippen LogP contribution in [0.4, 0.5) is 17.1 Å². The van der Waals surface area contributed by atoms with Gasteiger partial charge in [-0.2, -0.15) is 5.10 Å². The van der Waals surface area contributed by atoms with Crippen molar-refractivity contribution in [1.29, 1.82) is 0 Å². The highest BCUT2D eigenvalue weighted by Gasteiger charge is 2.15. The number of carbonyl (C=O) groups excluding carboxylic acids is 2. The Morgan fingerprint density at radius 2 is 1.86 bits per heavy atom. The zero-order chi connectivity index (χ0) is 21.4. The molecule has 0 aromatic heterocycles. The molecule has 0 aliphatic rings. The molecule has 0 fully saturated rings. The van der Waals surface area contributed by atoms with Gasteiger partial charge in [-0.05, 0) is 18.2 Å². The van der Waals surface area contributed by atoms with Crippen molar-refractivity contribution < 1.29 is 14.5 Å². The summed E-state index contributed by atoms with van der Waals surface area (Å²) in [6.07, 6.45) is 1.18. The van der Waals surface area contributed by atoms with Crippen LogP contribution in [0.3, 0.4) is 0 Å². The number of hydrazone groups is 1. The molecule has 2 aromatic carbocycles. The highest BCUT2D eigenvalue weighted by molar-refractivity contribution is 6.33. The standard InChI is InChI=1S/C19H20ClN5O4/c1-24(2)16-8-7-13(11-17(16)25(28)29)12-21-23-19(27)10-9-18(26)22-15-6-4-3-5-14(15)20/h3-8,11-12H,9-10H2,1-2H3,(H,22,26)(H,23,27). The van der Waals surface area contributed by atoms with Gasteiger partial charge in [0.15, 0.2) is 0 Å². The van der Waals surface area contributed by atoms with Crippen LogP contribution >= 0.6 is 11.6 Å². The van der Waals surface area contributed by atoms with Gasteiger partial charge in [-0.25, -0.2) is 5.43 Å². The van der Waals surface area contributed by atoms with Crippen LogP contribution < -0.4 is 15.6 Å². The van der Waals surface area contributed by atoms with Crippen LogP contribution in [0.5, 0.6) is 0 Å². The molecule has 0 saturated heterocycles. The van der Waals surface area contributed by atoms with E-state index in [0.717, 1.165) is 0 Å². The molecular formula is C19H20ClN5O4. The van der Waals surface area contributed by atoms with Crippen molar-refractivity contribution in [3.63, 3.8) is 0 Å². The average molecular weight is 418 g/mol. The number of para-hydroxylation sites is 1. The summed E-state index contributed by atoms with van der Waals surface area (Å²) in [5.74, 6) is -0.818. The minimum atomic E-state index is -0.483. The van der Waals surface area contributed by atoms with Gasteiger partial charge in [0.2, 0.25) is 11.8 Å². The second-order valence-electron chi connectivity index (χ2n) is 6.22. The third-order valence-electron chi connectivity index (χ3n) is 3.81. The van der Waals surface area contributed by atoms with Gasteiger partial charge in [0.25, 0.3) is 5.69 Å². The lowest BCUT2D eigenvalue weighted by molar-refractivity contribution is -0.384. The van der Waals surface area contributed by atoms with Gasteiger partial charge in [0, 0.05) is 38.6 Å². The van der Waals surface area contributed by atoms with Crippen molar-refractivity contribution in [2.75, 3.05) is 24.3 Å². The van der Waals surface area contributed by atoms with Crippen LogP contribution in [0, 0.1) is 10.1 Å². The van der Waals surface area contributed by atoms with Crippen molar-refractivity contribution in [3.05, 3.63) is 63.2 Å². The number of anilines is 2. The van der Waals surface area contributed by atoms with Crippen molar-refractivity contribution in [3.8, 4) is 0 Å². The van der Waals surface area contributed by atoms with Gasteiger partial charge in [-0.1, -0.05) is 29.8 Å². The molecule has 2 aromatic rings. The normalized spacial score (nSPS) is 10.6. The highest BCUT2D eigenvalue weighted by Crippen LogP contribution is 2.27. The average Bonchev–Trinajstić information content (AvgIpc) is 2.68. The van der Waals surface area contributed by atoms with Crippen LogP contribution in [0.15, 0.2) is 47.6 Å². The van der Waals surface area contributed by atoms with Gasteiger partial charge in [-0.15, -0.1) is 0 Å². The number of nitro benzene ring substituents is 1. The summed E-state index contributed by atoms with van der Waals surface area (Å²) in [5, 5.41) is 18.0. The van der Waals surface area contributed by atoms with E-state index in [0.29, 0.717) is 22.0 Å². The number of nitrogens with zero attached hydrogens (tertiary/aromatic N) is 3. The van der Waals surface area contributed by atoms with Gasteiger partial charge >= 0.3 is 0 Å². The zero-order valence-electron chi connectivity index (χ0n) is 15.9. The molecule has 2 N–H and O–H groups in total. The summed E-state index contributed by atoms with van der Waals surface area (Å²) in [5.41, 5.74) is 3.61. The fourth-order valence-corrected chi connectivity index (χ4v) is 2.57. The summed E-state index contributed by atoms with van der Waals surface area (Å²) in [7, 11) is 3.41. The summed E-state index contributed by atoms with van der Waals surface area (Å²) < 4.78 is 0. The van der Waals surface area contributed by atoms with Crippen molar-refractivity contribution in [1.82, 2.24) is 5.43 Å². The maximum atomic E-state index is 11.9. The maximum absolute atomic E-state index is 11.9. The molecule has 0 bridgehead atoms. The fraction of sp³-hybridized carbons (Fsp3) is 0.211. The Hall–Kier alpha value is -3.46. The van der Waals surface area contributed by atoms with E-state index < -0.39 is 10.8 Å². The predicted molar refractivity (Wildman–Crippen MR) is 112 cm³/mol. The second kappa shape index (κ2) is 10.2. The monoisotopic (exact) mass is 417 g/mol. The lowest BCUT2D eigenvalue weighted by Gasteiger charge is -2.12. The summed E-state index contributed by atoms with van der Waals surface area (Å²) in [4.78, 5) is 36.1. The van der Waals surface area contributed by atoms with E-state index in [1.807, 2.05) is 0 Å². The van der Waals surface area contributed by atoms with Crippen LogP contribution in [-0.2, 0) is 9.59 Å². The molecule has 29 heavy (non-hydrogen) atoms. The SMILES string of the molecule is CN(C)c1ccc(C=NNC(=O)CCC(=O)Nc2ccccc2Cl)cc1[N+](=O)[O-]. The lowest BCUT2D eigenvalue weighted by Crippen LogP contribution is -2.20. The van der Waals surface area contributed by atoms with Gasteiger partial charge in [0.05, 0.1) is 21.8 Å². The first-order valence-corrected chi connectivity index (χ1v) is 8.97. The number of nitro groups is 1. The number of amides is 2. The summed E-state index contributed by atoms with van der Waals surface area (Å²) in [6.45, 7) is 0. The Morgan fingerprint density at radius 3 is 2.52 bits per heavy atom. The Labute approximate surface area is 172 Å². The number of benzene rings is 2. The largest absolute Gasteiger partial charge is 0.372 e. The highest BCUT2D eigenvalue weighted by atomic mass is 35.5. The molecular weight excluding hydrogens is 398 g/mol. The van der Waals surface area contributed by atoms with Crippen LogP contribution in [0.1, 0.15) is 18.4 Å². The van der Waals surface area contributed by atoms with E-state index in [1.54, 1.807) is 55.4 Å². The lowest BCUT2D eigenvalue weighted by atomic mass is 10.2. The first kappa shape index (κ1) is 21.8. The van der Waals surface area contributed by atoms with E-state index in [-0.39, 0.29) is 24.4 Å². The molecule has 0 atom stereocenters. The second-order valence-corrected chi connectivity index (χ2v) is 6.63. The first-order valence-electron chi connectivity index (χ1n) is 8.60. The molecule has 0 aliphatic carbocycles. The molecule has 0 spiro atoms. The molecule has 10 heteroatoms. The predicted octanol–water partition coefficient (Wildman–Crippen LogP) is 3.18. The maximum Gasteiger partial charge on any atom is 0.293 e. The zero-order valence-corrected chi connectivity index (χ0v) is 16.6. The molecule has 0 heterocycles. The van der Waals surface area contributed by atoms with E-state index in [4.69, 9.17) is 11.6 Å². The number of nitrogens with one attached hydrogen (secondary N) is 2. The van der Waals surface area contributed by atoms with Crippen molar-refractivity contribution >= 4 is 46.7 Å². The number of hydrogen-bond donors (Lipinski definition) is 2. The molecule has 0 aliphatic heterocycles. The topological polar surface area (TPSA) is 117 Å². The molecule has 0 radical (unpaired) electrons. The molecule has 2 amide bonds. The Bertz CT molecular complexity index is 946. The number of hydrogen-bond acceptors (Lipinski definition) is 6. The Kier molecular flexibility index (Phi) is 7.67. The van der Waals surface area contributed by atoms with Crippen LogP contribution in [0.25, 0.3) is 0 Å². The van der Waals surface area contributed by atoms with Crippen molar-refractivity contribution in [2.45, 2.75) is 12.8 Å². The Balaban J connectivity index is 1.86. The molecule has 0 saturated carbocycles. The van der Waals surface area contributed by atoms with Crippen LogP contribution in [-0.4, -0.2) is 37.0 Å². The fourth-order valence-electron chi connectivity index (χ4n) is 2.38. The molecule has 0 unspecified atom stereocenters. The molecule has 9 nitrogen and oxygen atoms in total. The van der Waals surface area contributed by atoms with Gasteiger partial charge in [-0.3, -0.25) is 19.7 Å². The third kappa shape index (κ3) is 6.58. The van der Waals surface area contributed by atoms with Gasteiger partial charge < -0.3 is 10.2 Å². The van der Waals surface area contributed by atoms with Gasteiger partial charge in [0.1, 0.15) is 5.69 Å². The van der Waals surface area contributed by atoms with E-state index in [2.05, 4.69) is 15.8 Å². The van der Waals surface area contributed by atoms with E-state index >= 15 is 0 Å². The molecule has 152 valence electrons. The summed E-state index contributed by atoms with van der Waals surface area (Å²) >= 11 is 5.96. The van der Waals surface area contributed by atoms with Crippen molar-refractivity contribution in [2.24, 2.45) is 5.10 Å². The third-order valence-corrected chi connectivity index (χ3v) is 4.14.